The number of ether oxygens (including phenoxy) is 1. The minimum Gasteiger partial charge on any atom is -0.477 e. The lowest BCUT2D eigenvalue weighted by Gasteiger charge is -2.44. The van der Waals surface area contributed by atoms with Crippen LogP contribution in [0.4, 0.5) is 5.69 Å². The lowest BCUT2D eigenvalue weighted by molar-refractivity contribution is -0.161. The molecule has 1 fully saturated rings. The Balaban J connectivity index is 2.11. The zero-order valence-electron chi connectivity index (χ0n) is 16.8. The van der Waals surface area contributed by atoms with Crippen molar-refractivity contribution >= 4 is 29.1 Å². The largest absolute Gasteiger partial charge is 0.477 e. The molecule has 0 bridgehead atoms. The first-order valence-electron chi connectivity index (χ1n) is 9.30. The highest BCUT2D eigenvalue weighted by Gasteiger charge is 2.56. The van der Waals surface area contributed by atoms with E-state index < -0.39 is 35.9 Å². The van der Waals surface area contributed by atoms with Gasteiger partial charge in [0.1, 0.15) is 5.70 Å². The first kappa shape index (κ1) is 21.3. The first-order valence-corrected chi connectivity index (χ1v) is 9.30. The highest BCUT2D eigenvalue weighted by Crippen LogP contribution is 2.47. The van der Waals surface area contributed by atoms with Crippen LogP contribution in [-0.4, -0.2) is 59.3 Å². The summed E-state index contributed by atoms with van der Waals surface area (Å²) in [6, 6.07) is 4.22. The second-order valence-electron chi connectivity index (χ2n) is 7.15. The number of hydrazine groups is 1. The summed E-state index contributed by atoms with van der Waals surface area (Å²) in [4.78, 5) is 37.8. The zero-order valence-corrected chi connectivity index (χ0v) is 16.8. The van der Waals surface area contributed by atoms with Gasteiger partial charge in [0.25, 0.3) is 0 Å². The fourth-order valence-corrected chi connectivity index (χ4v) is 3.94. The van der Waals surface area contributed by atoms with Gasteiger partial charge in [-0.05, 0) is 42.7 Å². The number of fused-ring (bicyclic) bond motifs is 1. The fourth-order valence-electron chi connectivity index (χ4n) is 3.94. The van der Waals surface area contributed by atoms with Crippen molar-refractivity contribution in [2.75, 3.05) is 19.2 Å². The quantitative estimate of drug-likeness (QED) is 0.213. The number of esters is 1. The molecule has 0 aromatic heterocycles. The molecule has 3 rings (SSSR count). The number of carboxylic acids is 1. The number of carbonyl (C=O) groups excluding carboxylic acids is 2. The highest BCUT2D eigenvalue weighted by molar-refractivity contribution is 6.06. The summed E-state index contributed by atoms with van der Waals surface area (Å²) in [5, 5.41) is 23.7. The van der Waals surface area contributed by atoms with E-state index in [0.717, 1.165) is 0 Å². The highest BCUT2D eigenvalue weighted by atomic mass is 16.5. The van der Waals surface area contributed by atoms with Gasteiger partial charge in [0.05, 0.1) is 36.4 Å². The molecule has 10 heteroatoms. The van der Waals surface area contributed by atoms with Crippen molar-refractivity contribution < 1.29 is 29.3 Å². The van der Waals surface area contributed by atoms with Crippen LogP contribution in [0.1, 0.15) is 29.3 Å². The lowest BCUT2D eigenvalue weighted by Crippen LogP contribution is -2.61. The number of anilines is 1. The molecule has 0 spiro atoms. The van der Waals surface area contributed by atoms with Gasteiger partial charge in [-0.15, -0.1) is 0 Å². The third kappa shape index (κ3) is 3.51. The number of aliphatic hydroxyl groups excluding tert-OH is 1. The Kier molecular flexibility index (Phi) is 5.81. The van der Waals surface area contributed by atoms with E-state index in [1.165, 1.54) is 42.3 Å². The molecule has 1 unspecified atom stereocenters. The smallest absolute Gasteiger partial charge is 0.352 e. The van der Waals surface area contributed by atoms with Crippen LogP contribution in [-0.2, 0) is 14.3 Å². The molecule has 30 heavy (non-hydrogen) atoms. The number of nitrogens with one attached hydrogen (secondary N) is 1. The van der Waals surface area contributed by atoms with Crippen molar-refractivity contribution in [1.82, 2.24) is 10.2 Å². The Morgan fingerprint density at radius 1 is 1.40 bits per heavy atom. The second-order valence-corrected chi connectivity index (χ2v) is 7.15. The predicted molar refractivity (Wildman–Crippen MR) is 108 cm³/mol. The van der Waals surface area contributed by atoms with Crippen LogP contribution < -0.4 is 16.2 Å². The van der Waals surface area contributed by atoms with Gasteiger partial charge in [-0.3, -0.25) is 9.80 Å². The van der Waals surface area contributed by atoms with Crippen LogP contribution in [0.2, 0.25) is 0 Å². The van der Waals surface area contributed by atoms with Gasteiger partial charge in [-0.25, -0.2) is 15.4 Å². The third-order valence-electron chi connectivity index (χ3n) is 5.32. The monoisotopic (exact) mass is 416 g/mol. The Morgan fingerprint density at radius 3 is 2.67 bits per heavy atom. The number of aliphatic carboxylic acids is 1. The minimum absolute atomic E-state index is 0.149. The minimum atomic E-state index is -1.26. The summed E-state index contributed by atoms with van der Waals surface area (Å²) < 4.78 is 4.81. The number of rotatable bonds is 7. The summed E-state index contributed by atoms with van der Waals surface area (Å²) in [5.41, 5.74) is 1.28. The predicted octanol–water partition coefficient (Wildman–Crippen LogP) is 0.251. The summed E-state index contributed by atoms with van der Waals surface area (Å²) in [6.07, 6.45) is 2.46. The summed E-state index contributed by atoms with van der Waals surface area (Å²) in [7, 11) is 2.94. The molecule has 5 N–H and O–H groups in total. The number of carboxylic acid groups (broad SMARTS) is 1. The van der Waals surface area contributed by atoms with Crippen molar-refractivity contribution in [2.24, 2.45) is 11.8 Å². The Labute approximate surface area is 173 Å². The normalized spacial score (nSPS) is 21.4. The topological polar surface area (TPSA) is 145 Å². The van der Waals surface area contributed by atoms with E-state index in [4.69, 9.17) is 10.6 Å². The van der Waals surface area contributed by atoms with Crippen molar-refractivity contribution in [3.8, 4) is 0 Å². The fraction of sp³-hybridized carbons (Fsp3) is 0.350. The first-order chi connectivity index (χ1) is 14.2. The van der Waals surface area contributed by atoms with E-state index in [1.807, 2.05) is 0 Å². The molecule has 0 radical (unpaired) electrons. The maximum absolute atomic E-state index is 12.4. The van der Waals surface area contributed by atoms with Crippen LogP contribution in [0.25, 0.3) is 5.57 Å². The van der Waals surface area contributed by atoms with E-state index in [-0.39, 0.29) is 17.7 Å². The summed E-state index contributed by atoms with van der Waals surface area (Å²) in [6.45, 7) is 1.51. The zero-order chi connectivity index (χ0) is 22.2. The SMILES string of the molecule is CN/C=C\N(N)c1cc(C(=O)OC)cc(C2=C(C(=O)O)N3C(=O)[C@H]([C@@H](C)O)C3C2)c1. The summed E-state index contributed by atoms with van der Waals surface area (Å²) >= 11 is 0. The van der Waals surface area contributed by atoms with E-state index in [2.05, 4.69) is 5.32 Å². The van der Waals surface area contributed by atoms with Gasteiger partial charge in [0, 0.05) is 19.4 Å². The van der Waals surface area contributed by atoms with Crippen molar-refractivity contribution in [3.05, 3.63) is 47.4 Å². The molecule has 3 atom stereocenters. The molecular weight excluding hydrogens is 392 g/mol. The van der Waals surface area contributed by atoms with Crippen LogP contribution in [0.3, 0.4) is 0 Å². The lowest BCUT2D eigenvalue weighted by atomic mass is 9.82. The Hall–Kier alpha value is -3.37. The number of β-lactam (4-membered cyclic amide) rings is 1. The van der Waals surface area contributed by atoms with E-state index in [0.29, 0.717) is 16.8 Å². The second kappa shape index (κ2) is 8.17. The van der Waals surface area contributed by atoms with Gasteiger partial charge in [-0.1, -0.05) is 0 Å². The number of hydrogen-bond acceptors (Lipinski definition) is 8. The molecular formula is C20H24N4O6. The molecule has 2 heterocycles. The van der Waals surface area contributed by atoms with Gasteiger partial charge in [-0.2, -0.15) is 0 Å². The van der Waals surface area contributed by atoms with Gasteiger partial charge in [0.15, 0.2) is 0 Å². The third-order valence-corrected chi connectivity index (χ3v) is 5.32. The van der Waals surface area contributed by atoms with Crippen LogP contribution in [0, 0.1) is 5.92 Å². The molecule has 1 aromatic rings. The molecule has 2 aliphatic rings. The van der Waals surface area contributed by atoms with Crippen molar-refractivity contribution in [1.29, 1.82) is 0 Å². The molecule has 1 amide bonds. The number of nitrogens with two attached hydrogens (primary N) is 1. The number of hydrogen-bond donors (Lipinski definition) is 4. The van der Waals surface area contributed by atoms with Gasteiger partial charge < -0.3 is 25.2 Å². The standard InChI is InChI=1S/C20H24N4O6/c1-10(25)16-15-9-14(17(19(27)28)24(15)18(16)26)11-6-12(20(29)30-3)8-13(7-11)23(21)5-4-22-2/h4-8,10,15-16,22,25H,9,21H2,1-3H3,(H,27,28)/b5-4-/t10-,15?,16-/m1/s1. The number of carbonyl (C=O) groups is 3. The van der Waals surface area contributed by atoms with E-state index >= 15 is 0 Å². The number of aliphatic hydroxyl groups is 1. The molecule has 1 saturated heterocycles. The number of nitrogens with zero attached hydrogens (tertiary/aromatic N) is 2. The summed E-state index contributed by atoms with van der Waals surface area (Å²) in [5.74, 6) is 3.07. The number of benzene rings is 1. The van der Waals surface area contributed by atoms with Gasteiger partial charge >= 0.3 is 11.9 Å². The van der Waals surface area contributed by atoms with E-state index in [1.54, 1.807) is 19.3 Å². The molecule has 2 aliphatic heterocycles. The number of methoxy groups -OCH3 is 1. The average molecular weight is 416 g/mol. The number of amides is 1. The van der Waals surface area contributed by atoms with Crippen LogP contribution >= 0.6 is 0 Å². The Morgan fingerprint density at radius 2 is 2.10 bits per heavy atom. The maximum atomic E-state index is 12.4. The average Bonchev–Trinajstić information content (AvgIpc) is 3.05. The molecule has 160 valence electrons. The van der Waals surface area contributed by atoms with Crippen molar-refractivity contribution in [2.45, 2.75) is 25.5 Å². The molecule has 0 saturated carbocycles. The molecule has 1 aromatic carbocycles. The van der Waals surface area contributed by atoms with Crippen LogP contribution in [0.15, 0.2) is 36.3 Å². The maximum Gasteiger partial charge on any atom is 0.352 e. The molecule has 10 nitrogen and oxygen atoms in total. The van der Waals surface area contributed by atoms with Crippen LogP contribution in [0.5, 0.6) is 0 Å². The van der Waals surface area contributed by atoms with E-state index in [9.17, 15) is 24.6 Å². The van der Waals surface area contributed by atoms with Crippen molar-refractivity contribution in [3.63, 3.8) is 0 Å². The molecule has 0 aliphatic carbocycles. The van der Waals surface area contributed by atoms with Gasteiger partial charge in [0.2, 0.25) is 5.91 Å². The Bertz CT molecular complexity index is 955.